The first-order valence-corrected chi connectivity index (χ1v) is 13.8. The number of imidazole rings is 2. The van der Waals surface area contributed by atoms with Crippen LogP contribution in [-0.2, 0) is 9.59 Å². The number of hydrogen-bond donors (Lipinski definition) is 4. The fourth-order valence-corrected chi connectivity index (χ4v) is 5.36. The predicted octanol–water partition coefficient (Wildman–Crippen LogP) is 6.52. The minimum absolute atomic E-state index is 0.169. The SMILES string of the molecule is Cc1cc(NC(=O)CSc2nc3ccc(Cl)cc3[nH]2)cc(NC(=O)CSc2nc3ccc(Cl)cc3[nH]2)c1. The molecule has 0 spiro atoms. The number of H-pyrrole nitrogens is 2. The molecule has 0 fully saturated rings. The van der Waals surface area contributed by atoms with Crippen molar-refractivity contribution in [3.63, 3.8) is 0 Å². The number of halogens is 2. The van der Waals surface area contributed by atoms with Gasteiger partial charge in [0.1, 0.15) is 0 Å². The summed E-state index contributed by atoms with van der Waals surface area (Å²) in [6.07, 6.45) is 0. The molecule has 8 nitrogen and oxygen atoms in total. The first kappa shape index (κ1) is 25.5. The zero-order chi connectivity index (χ0) is 25.9. The molecular formula is C25H20Cl2N6O2S2. The van der Waals surface area contributed by atoms with Crippen LogP contribution in [0.1, 0.15) is 5.56 Å². The van der Waals surface area contributed by atoms with Gasteiger partial charge < -0.3 is 20.6 Å². The van der Waals surface area contributed by atoms with Gasteiger partial charge in [-0.1, -0.05) is 46.7 Å². The lowest BCUT2D eigenvalue weighted by molar-refractivity contribution is -0.114. The third kappa shape index (κ3) is 6.58. The summed E-state index contributed by atoms with van der Waals surface area (Å²) < 4.78 is 0. The molecule has 5 rings (SSSR count). The summed E-state index contributed by atoms with van der Waals surface area (Å²) in [4.78, 5) is 40.3. The number of aromatic amines is 2. The van der Waals surface area contributed by atoms with Crippen molar-refractivity contribution in [3.05, 3.63) is 70.2 Å². The highest BCUT2D eigenvalue weighted by molar-refractivity contribution is 8.00. The van der Waals surface area contributed by atoms with E-state index in [2.05, 4.69) is 30.6 Å². The first-order valence-electron chi connectivity index (χ1n) is 11.1. The molecule has 0 atom stereocenters. The van der Waals surface area contributed by atoms with Crippen molar-refractivity contribution in [2.24, 2.45) is 0 Å². The van der Waals surface area contributed by atoms with Crippen LogP contribution in [0.15, 0.2) is 64.9 Å². The number of fused-ring (bicyclic) bond motifs is 2. The highest BCUT2D eigenvalue weighted by atomic mass is 35.5. The molecular weight excluding hydrogens is 551 g/mol. The van der Waals surface area contributed by atoms with Crippen LogP contribution in [0.25, 0.3) is 22.1 Å². The number of thioether (sulfide) groups is 2. The van der Waals surface area contributed by atoms with Crippen molar-refractivity contribution >= 4 is 92.0 Å². The monoisotopic (exact) mass is 570 g/mol. The third-order valence-corrected chi connectivity index (χ3v) is 7.39. The second-order valence-electron chi connectivity index (χ2n) is 8.17. The Morgan fingerprint density at radius 1 is 0.757 bits per heavy atom. The van der Waals surface area contributed by atoms with Crippen molar-refractivity contribution < 1.29 is 9.59 Å². The molecule has 188 valence electrons. The molecule has 12 heteroatoms. The number of rotatable bonds is 8. The van der Waals surface area contributed by atoms with Crippen LogP contribution < -0.4 is 10.6 Å². The molecule has 0 radical (unpaired) electrons. The van der Waals surface area contributed by atoms with Gasteiger partial charge in [0.05, 0.1) is 33.6 Å². The molecule has 0 aliphatic carbocycles. The molecule has 0 saturated carbocycles. The lowest BCUT2D eigenvalue weighted by atomic mass is 10.2. The van der Waals surface area contributed by atoms with Gasteiger partial charge in [-0.25, -0.2) is 9.97 Å². The lowest BCUT2D eigenvalue weighted by Crippen LogP contribution is -2.16. The maximum absolute atomic E-state index is 12.6. The molecule has 0 unspecified atom stereocenters. The van der Waals surface area contributed by atoms with E-state index in [4.69, 9.17) is 23.2 Å². The van der Waals surface area contributed by atoms with E-state index in [1.54, 1.807) is 30.3 Å². The highest BCUT2D eigenvalue weighted by Crippen LogP contribution is 2.25. The van der Waals surface area contributed by atoms with Gasteiger partial charge in [-0.05, 0) is 67.1 Å². The van der Waals surface area contributed by atoms with Crippen molar-refractivity contribution in [2.75, 3.05) is 22.1 Å². The van der Waals surface area contributed by atoms with Gasteiger partial charge >= 0.3 is 0 Å². The Labute approximate surface area is 230 Å². The fourth-order valence-electron chi connectivity index (χ4n) is 3.64. The molecule has 3 aromatic carbocycles. The predicted molar refractivity (Wildman–Crippen MR) is 152 cm³/mol. The number of anilines is 2. The van der Waals surface area contributed by atoms with Gasteiger partial charge in [0, 0.05) is 21.4 Å². The smallest absolute Gasteiger partial charge is 0.234 e. The molecule has 2 aromatic heterocycles. The van der Waals surface area contributed by atoms with Gasteiger partial charge in [0.2, 0.25) is 11.8 Å². The average Bonchev–Trinajstić information content (AvgIpc) is 3.43. The van der Waals surface area contributed by atoms with Gasteiger partial charge in [-0.15, -0.1) is 0 Å². The zero-order valence-corrected chi connectivity index (χ0v) is 22.5. The van der Waals surface area contributed by atoms with Crippen LogP contribution in [0.4, 0.5) is 11.4 Å². The van der Waals surface area contributed by atoms with E-state index in [-0.39, 0.29) is 23.3 Å². The Balaban J connectivity index is 1.15. The number of aromatic nitrogens is 4. The standard InChI is InChI=1S/C25H20Cl2N6O2S2/c1-13-6-16(28-22(34)11-36-24-30-18-4-2-14(26)8-20(18)32-24)10-17(7-13)29-23(35)12-37-25-31-19-5-3-15(27)9-21(19)33-25/h2-10H,11-12H2,1H3,(H,28,34)(H,29,35)(H,30,32)(H,31,33). The maximum Gasteiger partial charge on any atom is 0.234 e. The third-order valence-electron chi connectivity index (χ3n) is 5.17. The molecule has 5 aromatic rings. The van der Waals surface area contributed by atoms with E-state index in [0.29, 0.717) is 31.7 Å². The number of nitrogens with zero attached hydrogens (tertiary/aromatic N) is 2. The molecule has 0 aliphatic heterocycles. The molecule has 4 N–H and O–H groups in total. The topological polar surface area (TPSA) is 116 Å². The zero-order valence-electron chi connectivity index (χ0n) is 19.4. The lowest BCUT2D eigenvalue weighted by Gasteiger charge is -2.10. The number of benzene rings is 3. The van der Waals surface area contributed by atoms with Crippen molar-refractivity contribution in [1.82, 2.24) is 19.9 Å². The molecule has 2 amide bonds. The van der Waals surface area contributed by atoms with Crippen LogP contribution >= 0.6 is 46.7 Å². The van der Waals surface area contributed by atoms with Crippen molar-refractivity contribution in [3.8, 4) is 0 Å². The minimum Gasteiger partial charge on any atom is -0.333 e. The maximum atomic E-state index is 12.6. The van der Waals surface area contributed by atoms with Gasteiger partial charge in [0.15, 0.2) is 10.3 Å². The molecule has 0 aliphatic rings. The molecule has 0 bridgehead atoms. The Morgan fingerprint density at radius 3 is 1.68 bits per heavy atom. The largest absolute Gasteiger partial charge is 0.333 e. The molecule has 0 saturated heterocycles. The fraction of sp³-hybridized carbons (Fsp3) is 0.120. The van der Waals surface area contributed by atoms with Crippen molar-refractivity contribution in [2.45, 2.75) is 17.2 Å². The van der Waals surface area contributed by atoms with Crippen molar-refractivity contribution in [1.29, 1.82) is 0 Å². The van der Waals surface area contributed by atoms with Crippen LogP contribution in [0.5, 0.6) is 0 Å². The van der Waals surface area contributed by atoms with Crippen LogP contribution in [0.3, 0.4) is 0 Å². The van der Waals surface area contributed by atoms with E-state index in [0.717, 1.165) is 27.6 Å². The summed E-state index contributed by atoms with van der Waals surface area (Å²) in [5.74, 6) is -0.0377. The summed E-state index contributed by atoms with van der Waals surface area (Å²) in [6, 6.07) is 16.2. The van der Waals surface area contributed by atoms with Gasteiger partial charge in [0.25, 0.3) is 0 Å². The summed E-state index contributed by atoms with van der Waals surface area (Å²) in [6.45, 7) is 1.90. The number of nitrogens with one attached hydrogen (secondary N) is 4. The van der Waals surface area contributed by atoms with Gasteiger partial charge in [-0.2, -0.15) is 0 Å². The summed E-state index contributed by atoms with van der Waals surface area (Å²) in [7, 11) is 0. The Morgan fingerprint density at radius 2 is 1.22 bits per heavy atom. The summed E-state index contributed by atoms with van der Waals surface area (Å²) in [5.41, 5.74) is 5.30. The van der Waals surface area contributed by atoms with E-state index in [1.165, 1.54) is 23.5 Å². The van der Waals surface area contributed by atoms with E-state index < -0.39 is 0 Å². The number of carbonyl (C=O) groups excluding carboxylic acids is 2. The van der Waals surface area contributed by atoms with Crippen LogP contribution in [-0.4, -0.2) is 43.3 Å². The van der Waals surface area contributed by atoms with Crippen LogP contribution in [0.2, 0.25) is 10.0 Å². The second-order valence-corrected chi connectivity index (χ2v) is 11.0. The summed E-state index contributed by atoms with van der Waals surface area (Å²) in [5, 5.41) is 8.27. The van der Waals surface area contributed by atoms with Crippen LogP contribution in [0, 0.1) is 6.92 Å². The van der Waals surface area contributed by atoms with E-state index in [9.17, 15) is 9.59 Å². The highest BCUT2D eigenvalue weighted by Gasteiger charge is 2.11. The molecule has 37 heavy (non-hydrogen) atoms. The minimum atomic E-state index is -0.188. The Bertz CT molecular complexity index is 1520. The number of aryl methyl sites for hydroxylation is 1. The summed E-state index contributed by atoms with van der Waals surface area (Å²) >= 11 is 14.6. The molecule has 2 heterocycles. The van der Waals surface area contributed by atoms with E-state index >= 15 is 0 Å². The second kappa shape index (κ2) is 11.1. The quantitative estimate of drug-likeness (QED) is 0.158. The number of carbonyl (C=O) groups is 2. The Kier molecular flexibility index (Phi) is 7.61. The number of amides is 2. The number of hydrogen-bond acceptors (Lipinski definition) is 6. The van der Waals surface area contributed by atoms with Gasteiger partial charge in [-0.3, -0.25) is 9.59 Å². The average molecular weight is 572 g/mol. The first-order chi connectivity index (χ1) is 17.8. The van der Waals surface area contributed by atoms with E-state index in [1.807, 2.05) is 31.2 Å². The Hall–Kier alpha value is -3.18. The normalized spacial score (nSPS) is 11.2.